The standard InChI is InChI=1S/C10H20N4O2S/c1-3-14(6-8(11)15)7-10(16)13(2)5-4-9(12)17/h3-7H2,1-2H3,(H2,11,15)(H2,12,17). The van der Waals surface area contributed by atoms with Crippen molar-refractivity contribution < 1.29 is 9.59 Å². The minimum atomic E-state index is -0.439. The van der Waals surface area contributed by atoms with Gasteiger partial charge in [0.25, 0.3) is 0 Å². The fourth-order valence-corrected chi connectivity index (χ4v) is 1.31. The number of thiocarbonyl (C=S) groups is 1. The number of carbonyl (C=O) groups is 2. The molecule has 0 aromatic rings. The van der Waals surface area contributed by atoms with Gasteiger partial charge in [0.15, 0.2) is 0 Å². The van der Waals surface area contributed by atoms with Gasteiger partial charge in [0.1, 0.15) is 0 Å². The summed E-state index contributed by atoms with van der Waals surface area (Å²) < 4.78 is 0. The highest BCUT2D eigenvalue weighted by molar-refractivity contribution is 7.80. The van der Waals surface area contributed by atoms with E-state index in [9.17, 15) is 9.59 Å². The van der Waals surface area contributed by atoms with E-state index in [1.165, 1.54) is 0 Å². The van der Waals surface area contributed by atoms with Crippen LogP contribution in [0.5, 0.6) is 0 Å². The molecule has 0 rings (SSSR count). The second-order valence-corrected chi connectivity index (χ2v) is 4.33. The Kier molecular flexibility index (Phi) is 7.40. The monoisotopic (exact) mass is 260 g/mol. The number of nitrogens with zero attached hydrogens (tertiary/aromatic N) is 2. The van der Waals surface area contributed by atoms with Crippen molar-refractivity contribution in [3.8, 4) is 0 Å². The first kappa shape index (κ1) is 15.8. The summed E-state index contributed by atoms with van der Waals surface area (Å²) in [6, 6.07) is 0. The summed E-state index contributed by atoms with van der Waals surface area (Å²) in [7, 11) is 1.68. The van der Waals surface area contributed by atoms with Gasteiger partial charge in [-0.3, -0.25) is 14.5 Å². The SMILES string of the molecule is CCN(CC(N)=O)CC(=O)N(C)CCC(N)=S. The van der Waals surface area contributed by atoms with Crippen molar-refractivity contribution in [1.82, 2.24) is 9.80 Å². The van der Waals surface area contributed by atoms with Gasteiger partial charge in [-0.2, -0.15) is 0 Å². The minimum absolute atomic E-state index is 0.0793. The number of hydrogen-bond donors (Lipinski definition) is 2. The molecule has 17 heavy (non-hydrogen) atoms. The Morgan fingerprint density at radius 3 is 2.24 bits per heavy atom. The molecule has 6 nitrogen and oxygen atoms in total. The minimum Gasteiger partial charge on any atom is -0.393 e. The van der Waals surface area contributed by atoms with Crippen LogP contribution in [0, 0.1) is 0 Å². The number of carbonyl (C=O) groups excluding carboxylic acids is 2. The molecule has 0 heterocycles. The Balaban J connectivity index is 4.11. The largest absolute Gasteiger partial charge is 0.393 e. The van der Waals surface area contributed by atoms with Crippen LogP contribution in [-0.2, 0) is 9.59 Å². The van der Waals surface area contributed by atoms with Crippen molar-refractivity contribution in [1.29, 1.82) is 0 Å². The average molecular weight is 260 g/mol. The first-order valence-electron chi connectivity index (χ1n) is 5.39. The summed E-state index contributed by atoms with van der Waals surface area (Å²) in [6.45, 7) is 3.21. The zero-order valence-electron chi connectivity index (χ0n) is 10.3. The molecule has 98 valence electrons. The molecule has 2 amide bonds. The summed E-state index contributed by atoms with van der Waals surface area (Å²) in [4.78, 5) is 26.1. The van der Waals surface area contributed by atoms with Gasteiger partial charge in [-0.1, -0.05) is 19.1 Å². The lowest BCUT2D eigenvalue weighted by atomic mass is 10.3. The van der Waals surface area contributed by atoms with Crippen molar-refractivity contribution in [2.75, 3.05) is 33.2 Å². The van der Waals surface area contributed by atoms with Crippen LogP contribution in [0.2, 0.25) is 0 Å². The zero-order chi connectivity index (χ0) is 13.4. The van der Waals surface area contributed by atoms with Crippen molar-refractivity contribution in [3.63, 3.8) is 0 Å². The Morgan fingerprint density at radius 2 is 1.82 bits per heavy atom. The lowest BCUT2D eigenvalue weighted by molar-refractivity contribution is -0.131. The zero-order valence-corrected chi connectivity index (χ0v) is 11.1. The number of rotatable bonds is 8. The van der Waals surface area contributed by atoms with Gasteiger partial charge in [-0.15, -0.1) is 0 Å². The quantitative estimate of drug-likeness (QED) is 0.542. The van der Waals surface area contributed by atoms with E-state index in [1.54, 1.807) is 16.8 Å². The molecule has 0 radical (unpaired) electrons. The highest BCUT2D eigenvalue weighted by Crippen LogP contribution is 1.94. The van der Waals surface area contributed by atoms with E-state index in [4.69, 9.17) is 23.7 Å². The Labute approximate surface area is 107 Å². The van der Waals surface area contributed by atoms with E-state index in [1.807, 2.05) is 6.92 Å². The van der Waals surface area contributed by atoms with Gasteiger partial charge < -0.3 is 16.4 Å². The van der Waals surface area contributed by atoms with Crippen molar-refractivity contribution >= 4 is 29.0 Å². The van der Waals surface area contributed by atoms with Crippen LogP contribution in [0.4, 0.5) is 0 Å². The Hall–Kier alpha value is -1.21. The molecule has 0 aromatic carbocycles. The molecule has 4 N–H and O–H groups in total. The molecule has 0 fully saturated rings. The molecular weight excluding hydrogens is 240 g/mol. The molecule has 0 bridgehead atoms. The van der Waals surface area contributed by atoms with E-state index < -0.39 is 5.91 Å². The molecule has 0 aliphatic heterocycles. The summed E-state index contributed by atoms with van der Waals surface area (Å²) in [5.74, 6) is -0.519. The molecule has 0 saturated heterocycles. The fourth-order valence-electron chi connectivity index (χ4n) is 1.21. The molecule has 0 aliphatic rings. The Bertz CT molecular complexity index is 296. The summed E-state index contributed by atoms with van der Waals surface area (Å²) in [6.07, 6.45) is 0.500. The molecule has 0 unspecified atom stereocenters. The highest BCUT2D eigenvalue weighted by Gasteiger charge is 2.14. The number of amides is 2. The summed E-state index contributed by atoms with van der Waals surface area (Å²) >= 11 is 4.74. The van der Waals surface area contributed by atoms with Crippen molar-refractivity contribution in [3.05, 3.63) is 0 Å². The number of likely N-dealkylation sites (N-methyl/N-ethyl adjacent to an activating group) is 2. The first-order valence-corrected chi connectivity index (χ1v) is 5.80. The van der Waals surface area contributed by atoms with Crippen LogP contribution >= 0.6 is 12.2 Å². The maximum atomic E-state index is 11.8. The van der Waals surface area contributed by atoms with E-state index in [2.05, 4.69) is 0 Å². The molecular formula is C10H20N4O2S. The molecule has 0 spiro atoms. The van der Waals surface area contributed by atoms with Crippen LogP contribution in [0.15, 0.2) is 0 Å². The van der Waals surface area contributed by atoms with Gasteiger partial charge in [0, 0.05) is 20.0 Å². The maximum Gasteiger partial charge on any atom is 0.236 e. The van der Waals surface area contributed by atoms with E-state index in [0.717, 1.165) is 0 Å². The van der Waals surface area contributed by atoms with Gasteiger partial charge in [0.2, 0.25) is 11.8 Å². The molecule has 7 heteroatoms. The molecule has 0 atom stereocenters. The number of nitrogens with two attached hydrogens (primary N) is 2. The van der Waals surface area contributed by atoms with Crippen LogP contribution in [0.1, 0.15) is 13.3 Å². The van der Waals surface area contributed by atoms with E-state index in [0.29, 0.717) is 24.5 Å². The maximum absolute atomic E-state index is 11.8. The predicted octanol–water partition coefficient (Wildman–Crippen LogP) is -1.07. The fraction of sp³-hybridized carbons (Fsp3) is 0.700. The topological polar surface area (TPSA) is 92.7 Å². The number of primary amides is 1. The third-order valence-corrected chi connectivity index (χ3v) is 2.51. The van der Waals surface area contributed by atoms with Crippen LogP contribution < -0.4 is 11.5 Å². The first-order chi connectivity index (χ1) is 7.86. The van der Waals surface area contributed by atoms with Gasteiger partial charge in [-0.05, 0) is 6.54 Å². The van der Waals surface area contributed by atoms with Gasteiger partial charge in [0.05, 0.1) is 18.1 Å². The smallest absolute Gasteiger partial charge is 0.236 e. The third kappa shape index (κ3) is 7.64. The lowest BCUT2D eigenvalue weighted by Crippen LogP contribution is -2.42. The molecule has 0 saturated carbocycles. The normalized spacial score (nSPS) is 10.3. The van der Waals surface area contributed by atoms with Crippen LogP contribution in [0.25, 0.3) is 0 Å². The predicted molar refractivity (Wildman–Crippen MR) is 70.3 cm³/mol. The van der Waals surface area contributed by atoms with Crippen LogP contribution in [-0.4, -0.2) is 59.8 Å². The molecule has 0 aromatic heterocycles. The molecule has 0 aliphatic carbocycles. The van der Waals surface area contributed by atoms with E-state index >= 15 is 0 Å². The van der Waals surface area contributed by atoms with Gasteiger partial charge >= 0.3 is 0 Å². The Morgan fingerprint density at radius 1 is 1.24 bits per heavy atom. The summed E-state index contributed by atoms with van der Waals surface area (Å²) in [5.41, 5.74) is 10.4. The van der Waals surface area contributed by atoms with Crippen molar-refractivity contribution in [2.45, 2.75) is 13.3 Å². The third-order valence-electron chi connectivity index (χ3n) is 2.30. The van der Waals surface area contributed by atoms with Crippen molar-refractivity contribution in [2.24, 2.45) is 11.5 Å². The van der Waals surface area contributed by atoms with Gasteiger partial charge in [-0.25, -0.2) is 0 Å². The average Bonchev–Trinajstić information content (AvgIpc) is 2.23. The second-order valence-electron chi connectivity index (χ2n) is 3.80. The van der Waals surface area contributed by atoms with Crippen LogP contribution in [0.3, 0.4) is 0 Å². The lowest BCUT2D eigenvalue weighted by Gasteiger charge is -2.22. The second kappa shape index (κ2) is 7.97. The number of hydrogen-bond acceptors (Lipinski definition) is 4. The summed E-state index contributed by atoms with van der Waals surface area (Å²) in [5, 5.41) is 0. The van der Waals surface area contributed by atoms with E-state index in [-0.39, 0.29) is 19.0 Å². The highest BCUT2D eigenvalue weighted by atomic mass is 32.1.